The lowest BCUT2D eigenvalue weighted by Crippen LogP contribution is -2.39. The Morgan fingerprint density at radius 1 is 1.33 bits per heavy atom. The van der Waals surface area contributed by atoms with E-state index in [1.807, 2.05) is 4.90 Å². The number of piperidine rings is 1. The average molecular weight is 345 g/mol. The minimum Gasteiger partial charge on any atom is -0.341 e. The van der Waals surface area contributed by atoms with Crippen molar-refractivity contribution in [2.24, 2.45) is 5.92 Å². The molecule has 0 saturated carbocycles. The molecule has 2 aliphatic rings. The van der Waals surface area contributed by atoms with Gasteiger partial charge in [0, 0.05) is 18.0 Å². The molecule has 3 heterocycles. The summed E-state index contributed by atoms with van der Waals surface area (Å²) in [5, 5.41) is 0.760. The first-order valence-corrected chi connectivity index (χ1v) is 9.72. The number of amides is 1. The SMILES string of the molecule is C[C@H]1CCc2c(sc3ncn(CC(=O)N4CCCCC4)c(=O)c23)C1. The first kappa shape index (κ1) is 15.8. The molecular formula is C18H23N3O2S. The third kappa shape index (κ3) is 2.77. The van der Waals surface area contributed by atoms with Crippen molar-refractivity contribution in [1.29, 1.82) is 0 Å². The molecule has 0 bridgehead atoms. The van der Waals surface area contributed by atoms with Crippen molar-refractivity contribution >= 4 is 27.5 Å². The molecule has 128 valence electrons. The molecule has 6 heteroatoms. The Hall–Kier alpha value is -1.69. The van der Waals surface area contributed by atoms with Crippen LogP contribution in [0, 0.1) is 5.92 Å². The van der Waals surface area contributed by atoms with Crippen LogP contribution < -0.4 is 5.56 Å². The molecule has 0 N–H and O–H groups in total. The fourth-order valence-electron chi connectivity index (χ4n) is 3.87. The minimum absolute atomic E-state index is 0.0377. The van der Waals surface area contributed by atoms with E-state index in [1.54, 1.807) is 17.7 Å². The monoisotopic (exact) mass is 345 g/mol. The highest BCUT2D eigenvalue weighted by molar-refractivity contribution is 7.18. The van der Waals surface area contributed by atoms with Crippen LogP contribution in [0.3, 0.4) is 0 Å². The van der Waals surface area contributed by atoms with Gasteiger partial charge in [-0.05, 0) is 50.0 Å². The van der Waals surface area contributed by atoms with Gasteiger partial charge in [-0.15, -0.1) is 11.3 Å². The molecular weight excluding hydrogens is 322 g/mol. The Morgan fingerprint density at radius 2 is 2.12 bits per heavy atom. The van der Waals surface area contributed by atoms with Gasteiger partial charge in [-0.2, -0.15) is 0 Å². The Bertz CT molecular complexity index is 833. The summed E-state index contributed by atoms with van der Waals surface area (Å²) < 4.78 is 1.50. The number of likely N-dealkylation sites (tertiary alicyclic amines) is 1. The van der Waals surface area contributed by atoms with Gasteiger partial charge in [0.1, 0.15) is 11.4 Å². The van der Waals surface area contributed by atoms with Crippen LogP contribution in [0.5, 0.6) is 0 Å². The van der Waals surface area contributed by atoms with Crippen LogP contribution in [0.15, 0.2) is 11.1 Å². The molecule has 2 aromatic rings. The number of aryl methyl sites for hydroxylation is 1. The normalized spacial score (nSPS) is 21.0. The first-order valence-electron chi connectivity index (χ1n) is 8.91. The Balaban J connectivity index is 1.66. The molecule has 5 nitrogen and oxygen atoms in total. The molecule has 0 spiro atoms. The molecule has 1 atom stereocenters. The Morgan fingerprint density at radius 3 is 2.92 bits per heavy atom. The number of carbonyl (C=O) groups excluding carboxylic acids is 1. The molecule has 1 saturated heterocycles. The number of hydrogen-bond donors (Lipinski definition) is 0. The number of rotatable bonds is 2. The van der Waals surface area contributed by atoms with E-state index in [0.717, 1.165) is 55.4 Å². The number of carbonyl (C=O) groups is 1. The van der Waals surface area contributed by atoms with Crippen molar-refractivity contribution in [2.75, 3.05) is 13.1 Å². The van der Waals surface area contributed by atoms with Crippen LogP contribution in [0.4, 0.5) is 0 Å². The van der Waals surface area contributed by atoms with E-state index in [1.165, 1.54) is 21.4 Å². The van der Waals surface area contributed by atoms with Crippen LogP contribution in [0.2, 0.25) is 0 Å². The predicted octanol–water partition coefficient (Wildman–Crippen LogP) is 2.60. The first-order chi connectivity index (χ1) is 11.6. The van der Waals surface area contributed by atoms with Crippen LogP contribution in [-0.4, -0.2) is 33.4 Å². The number of thiophene rings is 1. The molecule has 2 aromatic heterocycles. The maximum atomic E-state index is 12.9. The zero-order chi connectivity index (χ0) is 16.7. The zero-order valence-corrected chi connectivity index (χ0v) is 14.9. The van der Waals surface area contributed by atoms with Crippen LogP contribution in [0.25, 0.3) is 10.2 Å². The van der Waals surface area contributed by atoms with E-state index in [4.69, 9.17) is 0 Å². The molecule has 1 amide bonds. The lowest BCUT2D eigenvalue weighted by Gasteiger charge is -2.26. The van der Waals surface area contributed by atoms with Crippen molar-refractivity contribution in [3.63, 3.8) is 0 Å². The molecule has 1 aliphatic heterocycles. The average Bonchev–Trinajstić information content (AvgIpc) is 2.96. The summed E-state index contributed by atoms with van der Waals surface area (Å²) in [7, 11) is 0. The quantitative estimate of drug-likeness (QED) is 0.841. The molecule has 4 rings (SSSR count). The van der Waals surface area contributed by atoms with E-state index in [9.17, 15) is 9.59 Å². The van der Waals surface area contributed by atoms with E-state index in [2.05, 4.69) is 11.9 Å². The smallest absolute Gasteiger partial charge is 0.262 e. The van der Waals surface area contributed by atoms with Crippen LogP contribution in [-0.2, 0) is 24.2 Å². The van der Waals surface area contributed by atoms with Gasteiger partial charge in [0.2, 0.25) is 5.91 Å². The summed E-state index contributed by atoms with van der Waals surface area (Å²) in [6.45, 7) is 4.00. The van der Waals surface area contributed by atoms with Gasteiger partial charge in [-0.3, -0.25) is 14.2 Å². The van der Waals surface area contributed by atoms with Crippen molar-refractivity contribution in [3.8, 4) is 0 Å². The largest absolute Gasteiger partial charge is 0.341 e. The van der Waals surface area contributed by atoms with Crippen molar-refractivity contribution in [2.45, 2.75) is 52.0 Å². The van der Waals surface area contributed by atoms with Crippen LogP contribution >= 0.6 is 11.3 Å². The number of fused-ring (bicyclic) bond motifs is 3. The lowest BCUT2D eigenvalue weighted by molar-refractivity contribution is -0.132. The van der Waals surface area contributed by atoms with Gasteiger partial charge in [-0.25, -0.2) is 4.98 Å². The van der Waals surface area contributed by atoms with Gasteiger partial charge < -0.3 is 4.90 Å². The summed E-state index contributed by atoms with van der Waals surface area (Å²) in [6.07, 6.45) is 8.00. The van der Waals surface area contributed by atoms with Crippen molar-refractivity contribution in [1.82, 2.24) is 14.5 Å². The van der Waals surface area contributed by atoms with Gasteiger partial charge >= 0.3 is 0 Å². The molecule has 24 heavy (non-hydrogen) atoms. The van der Waals surface area contributed by atoms with E-state index in [-0.39, 0.29) is 18.0 Å². The maximum Gasteiger partial charge on any atom is 0.262 e. The Kier molecular flexibility index (Phi) is 4.16. The summed E-state index contributed by atoms with van der Waals surface area (Å²) in [5.74, 6) is 0.712. The minimum atomic E-state index is -0.0441. The molecule has 1 aliphatic carbocycles. The third-order valence-electron chi connectivity index (χ3n) is 5.30. The van der Waals surface area contributed by atoms with Crippen molar-refractivity contribution in [3.05, 3.63) is 27.1 Å². The highest BCUT2D eigenvalue weighted by Gasteiger charge is 2.24. The second-order valence-corrected chi connectivity index (χ2v) is 8.23. The summed E-state index contributed by atoms with van der Waals surface area (Å²) in [5.41, 5.74) is 1.14. The highest BCUT2D eigenvalue weighted by atomic mass is 32.1. The zero-order valence-electron chi connectivity index (χ0n) is 14.1. The van der Waals surface area contributed by atoms with Crippen molar-refractivity contribution < 1.29 is 4.79 Å². The van der Waals surface area contributed by atoms with Gasteiger partial charge in [0.15, 0.2) is 0 Å². The third-order valence-corrected chi connectivity index (χ3v) is 6.46. The molecule has 0 radical (unpaired) electrons. The topological polar surface area (TPSA) is 55.2 Å². The highest BCUT2D eigenvalue weighted by Crippen LogP contribution is 2.35. The van der Waals surface area contributed by atoms with Gasteiger partial charge in [0.05, 0.1) is 11.7 Å². The maximum absolute atomic E-state index is 12.9. The van der Waals surface area contributed by atoms with E-state index < -0.39 is 0 Å². The van der Waals surface area contributed by atoms with Crippen LogP contribution in [0.1, 0.15) is 43.0 Å². The summed E-state index contributed by atoms with van der Waals surface area (Å²) in [6, 6.07) is 0. The molecule has 0 aromatic carbocycles. The predicted molar refractivity (Wildman–Crippen MR) is 95.5 cm³/mol. The molecule has 0 unspecified atom stereocenters. The standard InChI is InChI=1S/C18H23N3O2S/c1-12-5-6-13-14(9-12)24-17-16(13)18(23)21(11-19-17)10-15(22)20-7-3-2-4-8-20/h11-12H,2-10H2,1H3/t12-/m0/s1. The Labute approximate surface area is 145 Å². The summed E-state index contributed by atoms with van der Waals surface area (Å²) in [4.78, 5) is 33.9. The fraction of sp³-hybridized carbons (Fsp3) is 0.611. The van der Waals surface area contributed by atoms with Gasteiger partial charge in [0.25, 0.3) is 5.56 Å². The second kappa shape index (κ2) is 6.31. The van der Waals surface area contributed by atoms with E-state index >= 15 is 0 Å². The second-order valence-electron chi connectivity index (χ2n) is 7.15. The van der Waals surface area contributed by atoms with Gasteiger partial charge in [-0.1, -0.05) is 6.92 Å². The van der Waals surface area contributed by atoms with E-state index in [0.29, 0.717) is 5.92 Å². The summed E-state index contributed by atoms with van der Waals surface area (Å²) >= 11 is 1.65. The number of hydrogen-bond acceptors (Lipinski definition) is 4. The number of aromatic nitrogens is 2. The molecule has 1 fully saturated rings. The fourth-order valence-corrected chi connectivity index (χ4v) is 5.21. The lowest BCUT2D eigenvalue weighted by atomic mass is 9.89. The number of nitrogens with zero attached hydrogens (tertiary/aromatic N) is 3.